The number of nitrogens with one attached hydrogen (secondary N) is 2. The Morgan fingerprint density at radius 3 is 2.24 bits per heavy atom. The Labute approximate surface area is 316 Å². The van der Waals surface area contributed by atoms with Crippen molar-refractivity contribution >= 4 is 17.6 Å². The van der Waals surface area contributed by atoms with Crippen LogP contribution in [0.15, 0.2) is 61.1 Å². The van der Waals surface area contributed by atoms with Crippen molar-refractivity contribution < 1.29 is 37.7 Å². The molecule has 4 rings (SSSR count). The number of aromatic nitrogens is 5. The molecule has 2 N–H and O–H groups in total. The number of halogens is 1. The minimum absolute atomic E-state index is 0.0178. The lowest BCUT2D eigenvalue weighted by molar-refractivity contribution is -0.140. The molecule has 0 radical (unpaired) electrons. The number of unbranched alkanes of at least 4 members (excludes halogenated alkanes) is 5. The third-order valence-corrected chi connectivity index (χ3v) is 8.40. The second kappa shape index (κ2) is 24.3. The van der Waals surface area contributed by atoms with Gasteiger partial charge in [-0.2, -0.15) is 0 Å². The predicted molar refractivity (Wildman–Crippen MR) is 200 cm³/mol. The van der Waals surface area contributed by atoms with E-state index in [1.54, 1.807) is 42.6 Å². The molecule has 292 valence electrons. The molecule has 54 heavy (non-hydrogen) atoms. The Morgan fingerprint density at radius 1 is 0.796 bits per heavy atom. The van der Waals surface area contributed by atoms with E-state index in [-0.39, 0.29) is 18.4 Å². The summed E-state index contributed by atoms with van der Waals surface area (Å²) in [5.41, 5.74) is 2.17. The number of amides is 1. The van der Waals surface area contributed by atoms with Gasteiger partial charge in [0, 0.05) is 56.2 Å². The van der Waals surface area contributed by atoms with E-state index in [1.165, 1.54) is 19.5 Å². The zero-order chi connectivity index (χ0) is 38.2. The minimum Gasteiger partial charge on any atom is -0.494 e. The summed E-state index contributed by atoms with van der Waals surface area (Å²) < 4.78 is 43.6. The third kappa shape index (κ3) is 15.2. The van der Waals surface area contributed by atoms with Crippen LogP contribution in [-0.2, 0) is 43.9 Å². The van der Waals surface area contributed by atoms with Crippen LogP contribution in [0, 0.1) is 5.82 Å². The number of ether oxygens (including phenoxy) is 5. The number of anilines is 1. The van der Waals surface area contributed by atoms with Crippen LogP contribution in [0.1, 0.15) is 73.1 Å². The molecule has 15 heteroatoms. The van der Waals surface area contributed by atoms with Crippen molar-refractivity contribution in [1.29, 1.82) is 0 Å². The molecule has 2 heterocycles. The van der Waals surface area contributed by atoms with Crippen molar-refractivity contribution in [1.82, 2.24) is 30.0 Å². The maximum Gasteiger partial charge on any atom is 0.305 e. The van der Waals surface area contributed by atoms with E-state index in [4.69, 9.17) is 18.9 Å². The fourth-order valence-corrected chi connectivity index (χ4v) is 5.31. The second-order valence-corrected chi connectivity index (χ2v) is 12.5. The Bertz CT molecular complexity index is 1690. The highest BCUT2D eigenvalue weighted by molar-refractivity contribution is 5.95. The van der Waals surface area contributed by atoms with Crippen LogP contribution in [0.2, 0.25) is 0 Å². The maximum atomic E-state index is 14.6. The number of benzene rings is 2. The van der Waals surface area contributed by atoms with Gasteiger partial charge in [-0.05, 0) is 74.6 Å². The van der Waals surface area contributed by atoms with Gasteiger partial charge < -0.3 is 38.9 Å². The molecule has 14 nitrogen and oxygen atoms in total. The smallest absolute Gasteiger partial charge is 0.305 e. The summed E-state index contributed by atoms with van der Waals surface area (Å²) in [7, 11) is 3.26. The highest BCUT2D eigenvalue weighted by atomic mass is 19.1. The first-order chi connectivity index (χ1) is 26.4. The summed E-state index contributed by atoms with van der Waals surface area (Å²) in [6.07, 6.45) is 10.1. The number of nitrogens with zero attached hydrogens (tertiary/aromatic N) is 5. The first-order valence-corrected chi connectivity index (χ1v) is 18.4. The van der Waals surface area contributed by atoms with E-state index in [9.17, 15) is 14.0 Å². The summed E-state index contributed by atoms with van der Waals surface area (Å²) in [5.74, 6) is 0.963. The predicted octanol–water partition coefficient (Wildman–Crippen LogP) is 5.68. The molecule has 0 aliphatic heterocycles. The number of methoxy groups -OCH3 is 1. The van der Waals surface area contributed by atoms with E-state index in [1.807, 2.05) is 17.7 Å². The van der Waals surface area contributed by atoms with Gasteiger partial charge in [-0.1, -0.05) is 18.9 Å². The van der Waals surface area contributed by atoms with Crippen molar-refractivity contribution in [3.05, 3.63) is 83.8 Å². The molecule has 1 amide bonds. The molecule has 0 bridgehead atoms. The SMILES string of the molecule is COC(=O)CCCCCOCCOCCOCCCCCCOc1ccc(F)c(CNC(=O)c2cccc(NCc3nnc(-c4ccncn4)n3C)c2)c1. The fraction of sp³-hybridized carbons (Fsp3) is 0.487. The number of rotatable bonds is 27. The summed E-state index contributed by atoms with van der Waals surface area (Å²) in [6.45, 7) is 4.40. The normalized spacial score (nSPS) is 11.0. The van der Waals surface area contributed by atoms with Crippen LogP contribution in [0.25, 0.3) is 11.5 Å². The van der Waals surface area contributed by atoms with Crippen LogP contribution in [-0.4, -0.2) is 90.0 Å². The van der Waals surface area contributed by atoms with Crippen molar-refractivity contribution in [2.45, 2.75) is 64.5 Å². The van der Waals surface area contributed by atoms with Crippen LogP contribution in [0.3, 0.4) is 0 Å². The van der Waals surface area contributed by atoms with Crippen LogP contribution < -0.4 is 15.4 Å². The average Bonchev–Trinajstić information content (AvgIpc) is 3.57. The number of esters is 1. The van der Waals surface area contributed by atoms with Gasteiger partial charge in [0.05, 0.1) is 46.7 Å². The molecular formula is C39H52FN7O7. The van der Waals surface area contributed by atoms with Gasteiger partial charge >= 0.3 is 5.97 Å². The molecule has 4 aromatic rings. The summed E-state index contributed by atoms with van der Waals surface area (Å²) in [6, 6.07) is 13.4. The van der Waals surface area contributed by atoms with Crippen molar-refractivity contribution in [2.75, 3.05) is 58.7 Å². The van der Waals surface area contributed by atoms with Gasteiger partial charge in [0.25, 0.3) is 5.91 Å². The Kier molecular flexibility index (Phi) is 18.8. The summed E-state index contributed by atoms with van der Waals surface area (Å²) in [5, 5.41) is 14.6. The van der Waals surface area contributed by atoms with Crippen molar-refractivity contribution in [3.63, 3.8) is 0 Å². The van der Waals surface area contributed by atoms with E-state index in [0.29, 0.717) is 93.4 Å². The number of hydrogen-bond donors (Lipinski definition) is 2. The third-order valence-electron chi connectivity index (χ3n) is 8.40. The lowest BCUT2D eigenvalue weighted by atomic mass is 10.1. The zero-order valence-electron chi connectivity index (χ0n) is 31.3. The molecule has 0 atom stereocenters. The molecule has 0 aliphatic carbocycles. The molecular weight excluding hydrogens is 697 g/mol. The maximum absolute atomic E-state index is 14.6. The molecule has 0 unspecified atom stereocenters. The Morgan fingerprint density at radius 2 is 1.52 bits per heavy atom. The molecule has 0 saturated heterocycles. The topological polar surface area (TPSA) is 161 Å². The van der Waals surface area contributed by atoms with Crippen molar-refractivity contribution in [3.8, 4) is 17.3 Å². The van der Waals surface area contributed by atoms with Crippen molar-refractivity contribution in [2.24, 2.45) is 7.05 Å². The van der Waals surface area contributed by atoms with Gasteiger partial charge in [-0.15, -0.1) is 10.2 Å². The number of hydrogen-bond acceptors (Lipinski definition) is 12. The lowest BCUT2D eigenvalue weighted by Gasteiger charge is -2.11. The van der Waals surface area contributed by atoms with E-state index in [2.05, 4.69) is 35.5 Å². The summed E-state index contributed by atoms with van der Waals surface area (Å²) >= 11 is 0. The average molecular weight is 750 g/mol. The van der Waals surface area contributed by atoms with Gasteiger partial charge in [0.1, 0.15) is 23.6 Å². The summed E-state index contributed by atoms with van der Waals surface area (Å²) in [4.78, 5) is 32.2. The van der Waals surface area contributed by atoms with E-state index in [0.717, 1.165) is 50.6 Å². The van der Waals surface area contributed by atoms with Crippen LogP contribution >= 0.6 is 0 Å². The minimum atomic E-state index is -0.415. The second-order valence-electron chi connectivity index (χ2n) is 12.5. The zero-order valence-corrected chi connectivity index (χ0v) is 31.3. The molecule has 0 fully saturated rings. The molecule has 0 saturated carbocycles. The standard InChI is InChI=1S/C39H52FN7O7/c1-47-36(45-46-38(47)35-16-17-41-29-44-35)28-42-32-12-10-11-30(25-32)39(49)43-27-31-26-33(14-15-34(31)40)54-20-9-4-3-7-18-51-21-23-53-24-22-52-19-8-5-6-13-37(48)50-2/h10-12,14-17,25-26,29,42H,3-9,13,18-24,27-28H2,1-2H3,(H,43,49). The quantitative estimate of drug-likeness (QED) is 0.0569. The van der Waals surface area contributed by atoms with Gasteiger partial charge in [0.2, 0.25) is 0 Å². The molecule has 0 aliphatic rings. The lowest BCUT2D eigenvalue weighted by Crippen LogP contribution is -2.23. The van der Waals surface area contributed by atoms with Gasteiger partial charge in [0.15, 0.2) is 11.6 Å². The molecule has 2 aromatic carbocycles. The van der Waals surface area contributed by atoms with E-state index < -0.39 is 5.82 Å². The molecule has 2 aromatic heterocycles. The van der Waals surface area contributed by atoms with E-state index >= 15 is 0 Å². The monoisotopic (exact) mass is 749 g/mol. The van der Waals surface area contributed by atoms with Crippen LogP contribution in [0.5, 0.6) is 5.75 Å². The highest BCUT2D eigenvalue weighted by Crippen LogP contribution is 2.19. The van der Waals surface area contributed by atoms with Gasteiger partial charge in [-0.3, -0.25) is 9.59 Å². The Hall–Kier alpha value is -4.99. The number of carbonyl (C=O) groups excluding carboxylic acids is 2. The molecule has 0 spiro atoms. The van der Waals surface area contributed by atoms with Gasteiger partial charge in [-0.25, -0.2) is 14.4 Å². The highest BCUT2D eigenvalue weighted by Gasteiger charge is 2.13. The fourth-order valence-electron chi connectivity index (χ4n) is 5.31. The first-order valence-electron chi connectivity index (χ1n) is 18.4. The Balaban J connectivity index is 1.03. The largest absolute Gasteiger partial charge is 0.494 e. The van der Waals surface area contributed by atoms with Crippen LogP contribution in [0.4, 0.5) is 10.1 Å². The number of carbonyl (C=O) groups is 2. The first kappa shape index (κ1) is 41.8.